The molecule has 1 amide bonds. The molecule has 4 rings (SSSR count). The zero-order chi connectivity index (χ0) is 23.4. The van der Waals surface area contributed by atoms with E-state index in [4.69, 9.17) is 0 Å². The molecule has 8 nitrogen and oxygen atoms in total. The largest absolute Gasteiger partial charge is 0.573 e. The number of fused-ring (bicyclic) bond motifs is 1. The molecule has 33 heavy (non-hydrogen) atoms. The summed E-state index contributed by atoms with van der Waals surface area (Å²) in [6, 6.07) is 12.4. The number of halogens is 3. The van der Waals surface area contributed by atoms with Gasteiger partial charge in [-0.25, -0.2) is 9.67 Å². The molecular weight excluding hydrogens is 459 g/mol. The van der Waals surface area contributed by atoms with Crippen LogP contribution in [0.1, 0.15) is 16.9 Å². The van der Waals surface area contributed by atoms with Crippen LogP contribution >= 0.6 is 11.3 Å². The van der Waals surface area contributed by atoms with Crippen molar-refractivity contribution in [3.05, 3.63) is 75.5 Å². The number of nitrogens with one attached hydrogen (secondary N) is 1. The molecule has 0 aliphatic heterocycles. The lowest BCUT2D eigenvalue weighted by molar-refractivity contribution is -0.274. The molecule has 1 N–H and O–H groups in total. The van der Waals surface area contributed by atoms with Gasteiger partial charge in [0, 0.05) is 23.9 Å². The first-order valence-electron chi connectivity index (χ1n) is 9.68. The van der Waals surface area contributed by atoms with Crippen LogP contribution in [0, 0.1) is 0 Å². The van der Waals surface area contributed by atoms with E-state index in [-0.39, 0.29) is 30.2 Å². The molecule has 0 fully saturated rings. The van der Waals surface area contributed by atoms with Crippen molar-refractivity contribution < 1.29 is 22.7 Å². The van der Waals surface area contributed by atoms with Crippen LogP contribution in [-0.2, 0) is 17.8 Å². The molecule has 0 aliphatic carbocycles. The smallest absolute Gasteiger partial charge is 0.406 e. The molecule has 0 saturated heterocycles. The maximum atomic E-state index is 12.4. The van der Waals surface area contributed by atoms with Crippen LogP contribution in [0.4, 0.5) is 18.3 Å². The van der Waals surface area contributed by atoms with E-state index in [0.717, 1.165) is 15.1 Å². The summed E-state index contributed by atoms with van der Waals surface area (Å²) in [4.78, 5) is 29.6. The Balaban J connectivity index is 1.32. The van der Waals surface area contributed by atoms with Gasteiger partial charge >= 0.3 is 6.36 Å². The molecule has 0 saturated carbocycles. The van der Waals surface area contributed by atoms with Crippen LogP contribution in [0.3, 0.4) is 0 Å². The van der Waals surface area contributed by atoms with Gasteiger partial charge in [-0.15, -0.1) is 29.6 Å². The normalized spacial score (nSPS) is 11.5. The topological polar surface area (TPSA) is 99.0 Å². The molecule has 2 aromatic heterocycles. The summed E-state index contributed by atoms with van der Waals surface area (Å²) < 4.78 is 41.7. The zero-order valence-corrected chi connectivity index (χ0v) is 17.7. The number of carbonyl (C=O) groups excluding carboxylic acids is 1. The van der Waals surface area contributed by atoms with Crippen molar-refractivity contribution >= 4 is 33.3 Å². The zero-order valence-electron chi connectivity index (χ0n) is 16.9. The molecule has 2 aromatic carbocycles. The van der Waals surface area contributed by atoms with Gasteiger partial charge < -0.3 is 10.1 Å². The van der Waals surface area contributed by atoms with Gasteiger partial charge in [-0.1, -0.05) is 29.5 Å². The summed E-state index contributed by atoms with van der Waals surface area (Å²) in [6.07, 6.45) is -2.72. The number of hydrogen-bond acceptors (Lipinski definition) is 7. The SMILES string of the molecule is O=C(CCn1nnc2ccccc2c1=O)Nc1ncc(Cc2ccc(OC(F)(F)F)cc2)s1. The van der Waals surface area contributed by atoms with Crippen LogP contribution < -0.4 is 15.6 Å². The number of rotatable bonds is 7. The number of alkyl halides is 3. The summed E-state index contributed by atoms with van der Waals surface area (Å²) in [5.74, 6) is -0.634. The first kappa shape index (κ1) is 22.4. The summed E-state index contributed by atoms with van der Waals surface area (Å²) in [7, 11) is 0. The first-order chi connectivity index (χ1) is 15.8. The fourth-order valence-electron chi connectivity index (χ4n) is 3.02. The van der Waals surface area contributed by atoms with Crippen LogP contribution in [-0.4, -0.2) is 32.2 Å². The number of benzene rings is 2. The highest BCUT2D eigenvalue weighted by Gasteiger charge is 2.30. The van der Waals surface area contributed by atoms with Crippen molar-refractivity contribution in [1.29, 1.82) is 0 Å². The molecule has 0 aliphatic rings. The average molecular weight is 475 g/mol. The second-order valence-electron chi connectivity index (χ2n) is 6.93. The monoisotopic (exact) mass is 475 g/mol. The maximum absolute atomic E-state index is 12.4. The molecule has 0 atom stereocenters. The van der Waals surface area contributed by atoms with Gasteiger partial charge in [0.2, 0.25) is 5.91 Å². The highest BCUT2D eigenvalue weighted by atomic mass is 32.1. The summed E-state index contributed by atoms with van der Waals surface area (Å²) in [5.41, 5.74) is 0.929. The lowest BCUT2D eigenvalue weighted by Crippen LogP contribution is -2.26. The number of hydrogen-bond donors (Lipinski definition) is 1. The number of aryl methyl sites for hydroxylation is 1. The lowest BCUT2D eigenvalue weighted by atomic mass is 10.1. The molecule has 12 heteroatoms. The van der Waals surface area contributed by atoms with Gasteiger partial charge in [0.1, 0.15) is 11.3 Å². The van der Waals surface area contributed by atoms with E-state index in [9.17, 15) is 22.8 Å². The van der Waals surface area contributed by atoms with Gasteiger partial charge in [-0.2, -0.15) is 0 Å². The quantitative estimate of drug-likeness (QED) is 0.437. The van der Waals surface area contributed by atoms with Crippen molar-refractivity contribution in [3.8, 4) is 5.75 Å². The second-order valence-corrected chi connectivity index (χ2v) is 8.05. The first-order valence-corrected chi connectivity index (χ1v) is 10.5. The number of amides is 1. The summed E-state index contributed by atoms with van der Waals surface area (Å²) >= 11 is 1.25. The minimum Gasteiger partial charge on any atom is -0.406 e. The third kappa shape index (κ3) is 5.92. The molecular formula is C21H16F3N5O3S. The Labute approximate surface area is 188 Å². The number of nitrogens with zero attached hydrogens (tertiary/aromatic N) is 4. The van der Waals surface area contributed by atoms with Crippen molar-refractivity contribution in [2.24, 2.45) is 0 Å². The Morgan fingerprint density at radius 1 is 1.12 bits per heavy atom. The maximum Gasteiger partial charge on any atom is 0.573 e. The third-order valence-electron chi connectivity index (χ3n) is 4.52. The fourth-order valence-corrected chi connectivity index (χ4v) is 3.88. The van der Waals surface area contributed by atoms with E-state index in [0.29, 0.717) is 22.5 Å². The third-order valence-corrected chi connectivity index (χ3v) is 5.43. The molecule has 0 radical (unpaired) electrons. The van der Waals surface area contributed by atoms with E-state index in [1.807, 2.05) is 0 Å². The van der Waals surface area contributed by atoms with Crippen molar-refractivity contribution in [1.82, 2.24) is 20.0 Å². The molecule has 0 unspecified atom stereocenters. The Morgan fingerprint density at radius 2 is 1.88 bits per heavy atom. The van der Waals surface area contributed by atoms with Gasteiger partial charge in [-0.3, -0.25) is 9.59 Å². The number of carbonyl (C=O) groups is 1. The van der Waals surface area contributed by atoms with E-state index in [1.54, 1.807) is 30.5 Å². The van der Waals surface area contributed by atoms with Gasteiger partial charge in [-0.05, 0) is 29.8 Å². The number of anilines is 1. The van der Waals surface area contributed by atoms with E-state index in [2.05, 4.69) is 25.3 Å². The Hall–Kier alpha value is -3.80. The Kier molecular flexibility index (Phi) is 6.36. The highest BCUT2D eigenvalue weighted by molar-refractivity contribution is 7.15. The minimum absolute atomic E-state index is 0.00249. The number of ether oxygens (including phenoxy) is 1. The van der Waals surface area contributed by atoms with E-state index < -0.39 is 6.36 Å². The molecule has 0 spiro atoms. The van der Waals surface area contributed by atoms with Crippen molar-refractivity contribution in [2.45, 2.75) is 25.7 Å². The summed E-state index contributed by atoms with van der Waals surface area (Å²) in [5, 5.41) is 11.3. The minimum atomic E-state index is -4.74. The van der Waals surface area contributed by atoms with Gasteiger partial charge in [0.05, 0.1) is 11.9 Å². The highest BCUT2D eigenvalue weighted by Crippen LogP contribution is 2.25. The number of thiazole rings is 1. The molecule has 4 aromatic rings. The molecule has 170 valence electrons. The van der Waals surface area contributed by atoms with Crippen LogP contribution in [0.15, 0.2) is 59.5 Å². The fraction of sp³-hybridized carbons (Fsp3) is 0.190. The van der Waals surface area contributed by atoms with Gasteiger partial charge in [0.25, 0.3) is 5.56 Å². The molecule has 2 heterocycles. The van der Waals surface area contributed by atoms with Crippen LogP contribution in [0.5, 0.6) is 5.75 Å². The lowest BCUT2D eigenvalue weighted by Gasteiger charge is -2.08. The number of aromatic nitrogens is 4. The van der Waals surface area contributed by atoms with E-state index >= 15 is 0 Å². The Bertz CT molecular complexity index is 1340. The van der Waals surface area contributed by atoms with E-state index in [1.165, 1.54) is 35.6 Å². The van der Waals surface area contributed by atoms with Crippen LogP contribution in [0.25, 0.3) is 10.9 Å². The average Bonchev–Trinajstić information content (AvgIpc) is 3.20. The second kappa shape index (κ2) is 9.36. The van der Waals surface area contributed by atoms with Gasteiger partial charge in [0.15, 0.2) is 5.13 Å². The van der Waals surface area contributed by atoms with Crippen molar-refractivity contribution in [2.75, 3.05) is 5.32 Å². The standard InChI is InChI=1S/C21H16F3N5O3S/c22-21(23,24)32-14-7-5-13(6-8-14)11-15-12-25-20(33-15)26-18(30)9-10-29-19(31)16-3-1-2-4-17(16)27-28-29/h1-8,12H,9-11H2,(H,25,26,30). The predicted octanol–water partition coefficient (Wildman–Crippen LogP) is 3.77. The predicted molar refractivity (Wildman–Crippen MR) is 115 cm³/mol. The van der Waals surface area contributed by atoms with Crippen LogP contribution in [0.2, 0.25) is 0 Å². The Morgan fingerprint density at radius 3 is 2.64 bits per heavy atom. The molecule has 0 bridgehead atoms. The summed E-state index contributed by atoms with van der Waals surface area (Å²) in [6.45, 7) is 0.0626. The van der Waals surface area contributed by atoms with Crippen molar-refractivity contribution in [3.63, 3.8) is 0 Å².